The number of aromatic amines is 4. The van der Waals surface area contributed by atoms with Crippen LogP contribution in [-0.4, -0.2) is 198 Å². The molecule has 1 saturated carbocycles. The molecule has 2 fully saturated rings. The van der Waals surface area contributed by atoms with Crippen LogP contribution < -0.4 is 40.9 Å². The third-order valence-corrected chi connectivity index (χ3v) is 21.2. The number of alkyl halides is 9. The molecule has 1 aliphatic heterocycles. The van der Waals surface area contributed by atoms with E-state index in [0.717, 1.165) is 79.1 Å². The summed E-state index contributed by atoms with van der Waals surface area (Å²) in [6, 6.07) is 9.44. The first kappa shape index (κ1) is 104. The van der Waals surface area contributed by atoms with Gasteiger partial charge in [-0.3, -0.25) is 19.2 Å². The lowest BCUT2D eigenvalue weighted by atomic mass is 9.97. The van der Waals surface area contributed by atoms with Crippen molar-refractivity contribution in [2.45, 2.75) is 185 Å². The molecular weight excluding hydrogens is 1760 g/mol. The Morgan fingerprint density at radius 3 is 1.22 bits per heavy atom. The van der Waals surface area contributed by atoms with E-state index in [4.69, 9.17) is 46.4 Å². The monoisotopic (exact) mass is 1870 g/mol. The number of fused-ring (bicyclic) bond motifs is 4. The molecule has 2 aliphatic rings. The SMILES string of the molecule is C.C.C.C.CCCCN(c1ccnc(-c2c[nH]c3ncc(Cl)cc23)n1)[C@@H](C(=O)NCC(F)(F)F)C(C)C.CCCCN(c1ccnc(-c2c[nH]c3ncc(Cl)cc23)n1)[C@H](C)C(=O)NCC(F)(F)F.CCCNC(=O)[C@@]1(C)CCCN1c1nc(-c2c[nH]c3ncc(Cl)cc23)ncc1F.C[C@H](C(=O)NCC(F)(F)F)N(CC1CC1)c1ccnc(-c2c[nH]c3ncc(Cl)cc23)n1. The summed E-state index contributed by atoms with van der Waals surface area (Å²) in [5, 5.41) is 13.7. The lowest BCUT2D eigenvalue weighted by Gasteiger charge is -2.35. The molecule has 1 aliphatic carbocycles. The maximum absolute atomic E-state index is 14.8. The number of unbranched alkanes of at least 4 members (excludes halogenated alkanes) is 2. The number of carbonyl (C=O) groups is 4. The molecule has 0 bridgehead atoms. The maximum atomic E-state index is 14.8. The first-order valence-corrected chi connectivity index (χ1v) is 41.4. The zero-order valence-electron chi connectivity index (χ0n) is 68.5. The van der Waals surface area contributed by atoms with Crippen molar-refractivity contribution in [3.63, 3.8) is 0 Å². The van der Waals surface area contributed by atoms with E-state index in [1.54, 1.807) is 139 Å². The average Bonchev–Trinajstić information content (AvgIpc) is 1.58. The van der Waals surface area contributed by atoms with Crippen LogP contribution >= 0.6 is 46.4 Å². The number of H-pyrrole nitrogens is 4. The number of halogens is 14. The summed E-state index contributed by atoms with van der Waals surface area (Å²) in [6.45, 7) is 13.0. The normalized spacial score (nSPS) is 14.4. The van der Waals surface area contributed by atoms with Crippen molar-refractivity contribution < 1.29 is 63.1 Å². The van der Waals surface area contributed by atoms with E-state index in [-0.39, 0.29) is 47.3 Å². The molecule has 14 rings (SSSR count). The largest absolute Gasteiger partial charge is 0.405 e. The molecule has 13 heterocycles. The Labute approximate surface area is 754 Å². The first-order chi connectivity index (χ1) is 58.9. The van der Waals surface area contributed by atoms with Gasteiger partial charge < -0.3 is 60.8 Å². The summed E-state index contributed by atoms with van der Waals surface area (Å²) < 4.78 is 128. The highest BCUT2D eigenvalue weighted by molar-refractivity contribution is 6.32. The van der Waals surface area contributed by atoms with E-state index >= 15 is 0 Å². The molecule has 0 unspecified atom stereocenters. The van der Waals surface area contributed by atoms with Crippen molar-refractivity contribution >= 4 is 137 Å². The van der Waals surface area contributed by atoms with Gasteiger partial charge in [0.05, 0.1) is 26.3 Å². The predicted molar refractivity (Wildman–Crippen MR) is 483 cm³/mol. The summed E-state index contributed by atoms with van der Waals surface area (Å²) in [7, 11) is 0. The minimum absolute atomic E-state index is 0. The van der Waals surface area contributed by atoms with Gasteiger partial charge in [0.2, 0.25) is 23.6 Å². The molecule has 0 aromatic carbocycles. The molecule has 8 N–H and O–H groups in total. The fraction of sp³-hybridized carbons (Fsp3) is 0.442. The second-order valence-electron chi connectivity index (χ2n) is 30.1. The van der Waals surface area contributed by atoms with Crippen LogP contribution in [0.15, 0.2) is 117 Å². The van der Waals surface area contributed by atoms with Gasteiger partial charge in [-0.05, 0) is 120 Å². The van der Waals surface area contributed by atoms with Crippen molar-refractivity contribution in [3.05, 3.63) is 143 Å². The number of nitrogens with zero attached hydrogens (tertiary/aromatic N) is 16. The number of pyridine rings is 4. The molecule has 42 heteroatoms. The van der Waals surface area contributed by atoms with Crippen molar-refractivity contribution in [3.8, 4) is 45.6 Å². The summed E-state index contributed by atoms with van der Waals surface area (Å²) in [5.41, 5.74) is 4.38. The van der Waals surface area contributed by atoms with Crippen molar-refractivity contribution in [1.82, 2.24) is 101 Å². The Morgan fingerprint density at radius 1 is 0.492 bits per heavy atom. The lowest BCUT2D eigenvalue weighted by molar-refractivity contribution is -0.139. The molecule has 692 valence electrons. The molecule has 4 atom stereocenters. The quantitative estimate of drug-likeness (QED) is 0.0202. The van der Waals surface area contributed by atoms with Gasteiger partial charge in [0.15, 0.2) is 34.9 Å². The number of hydrogen-bond acceptors (Lipinski definition) is 20. The van der Waals surface area contributed by atoms with E-state index in [0.29, 0.717) is 151 Å². The van der Waals surface area contributed by atoms with Gasteiger partial charge in [0.1, 0.15) is 83.3 Å². The third kappa shape index (κ3) is 26.7. The fourth-order valence-corrected chi connectivity index (χ4v) is 14.5. The molecule has 1 saturated heterocycles. The van der Waals surface area contributed by atoms with Gasteiger partial charge in [0.25, 0.3) is 0 Å². The van der Waals surface area contributed by atoms with Crippen LogP contribution in [0.3, 0.4) is 0 Å². The molecule has 128 heavy (non-hydrogen) atoms. The fourth-order valence-electron chi connectivity index (χ4n) is 13.9. The molecule has 0 spiro atoms. The van der Waals surface area contributed by atoms with Gasteiger partial charge >= 0.3 is 18.5 Å². The van der Waals surface area contributed by atoms with Crippen LogP contribution in [0.5, 0.6) is 0 Å². The summed E-state index contributed by atoms with van der Waals surface area (Å²) >= 11 is 24.3. The van der Waals surface area contributed by atoms with Gasteiger partial charge in [-0.2, -0.15) is 39.5 Å². The third-order valence-electron chi connectivity index (χ3n) is 20.4. The zero-order valence-corrected chi connectivity index (χ0v) is 71.5. The predicted octanol–water partition coefficient (Wildman–Crippen LogP) is 19.5. The zero-order chi connectivity index (χ0) is 89.5. The van der Waals surface area contributed by atoms with Crippen LogP contribution in [-0.2, 0) is 19.2 Å². The Kier molecular flexibility index (Phi) is 36.9. The molecule has 4 amide bonds. The smallest absolute Gasteiger partial charge is 0.354 e. The number of hydrogen-bond donors (Lipinski definition) is 8. The summed E-state index contributed by atoms with van der Waals surface area (Å²) in [5.74, 6) is 0.353. The van der Waals surface area contributed by atoms with Crippen LogP contribution in [0.4, 0.5) is 67.2 Å². The van der Waals surface area contributed by atoms with E-state index in [1.165, 1.54) is 18.6 Å². The van der Waals surface area contributed by atoms with Crippen molar-refractivity contribution in [2.75, 3.05) is 72.0 Å². The summed E-state index contributed by atoms with van der Waals surface area (Å²) in [4.78, 5) is 122. The molecule has 12 aromatic heterocycles. The van der Waals surface area contributed by atoms with E-state index in [2.05, 4.69) is 85.1 Å². The number of rotatable bonds is 29. The first-order valence-electron chi connectivity index (χ1n) is 39.9. The highest BCUT2D eigenvalue weighted by Gasteiger charge is 2.45. The minimum Gasteiger partial charge on any atom is -0.354 e. The highest BCUT2D eigenvalue weighted by atomic mass is 35.5. The van der Waals surface area contributed by atoms with Crippen LogP contribution in [0.25, 0.3) is 89.7 Å². The van der Waals surface area contributed by atoms with E-state index < -0.39 is 85.4 Å². The summed E-state index contributed by atoms with van der Waals surface area (Å²) in [6.07, 6.45) is 12.8. The molecule has 28 nitrogen and oxygen atoms in total. The topological polar surface area (TPSA) is 347 Å². The Hall–Kier alpha value is -11.4. The number of carbonyl (C=O) groups excluding carboxylic acids is 4. The number of anilines is 4. The Bertz CT molecular complexity index is 5700. The number of aromatic nitrogens is 16. The molecule has 12 aromatic rings. The van der Waals surface area contributed by atoms with Crippen molar-refractivity contribution in [1.29, 1.82) is 0 Å². The van der Waals surface area contributed by atoms with Gasteiger partial charge in [-0.15, -0.1) is 0 Å². The standard InChI is InChI=1S/C22H26ClF3N6O.C20H20ClF3N6O.C20H22ClF3N6O.C20H22ClFN6O.4CH4/c1-4-5-8-32(18(13(2)3)21(33)30-12-22(24,25)26)17-6-7-27-20(31-17)16-11-29-19-15(16)9-14(23)10-28-19;1-11(19(31)28-10-20(22,23)24)30(9-12-2-3-12)16-4-5-25-18(29-16)15-8-27-17-14(15)6-13(21)7-26-17;1-3-4-7-30(12(2)19(31)28-11-20(22,23)24)16-5-6-25-18(29-16)15-10-27-17-14(15)8-13(21)9-26-17;1-3-6-23-19(29)20(2)5-4-7-28(20)18-15(22)11-26-17(27-18)14-10-25-16-13(14)8-12(21)9-24-16;;;;/h6-7,9-11,13,18H,4-5,8,12H2,1-3H3,(H,28,29)(H,30,33);4-8,11-12H,2-3,9-10H2,1H3,(H,26,27)(H,28,31);5-6,8-10,12H,3-4,7,11H2,1-2H3,(H,26,27)(H,28,31);8-11H,3-7H2,1-2H3,(H,23,29)(H,24,25);4*1H4/t18-;11-;12-;20-;;;;/m1111..../s1. The van der Waals surface area contributed by atoms with E-state index in [9.17, 15) is 63.1 Å². The Morgan fingerprint density at radius 2 is 0.852 bits per heavy atom. The lowest BCUT2D eigenvalue weighted by Crippen LogP contribution is -2.54. The van der Waals surface area contributed by atoms with Crippen LogP contribution in [0, 0.1) is 17.7 Å². The van der Waals surface area contributed by atoms with Crippen LogP contribution in [0.1, 0.15) is 143 Å². The highest BCUT2D eigenvalue weighted by Crippen LogP contribution is 2.39. The second-order valence-corrected chi connectivity index (χ2v) is 31.8. The molecule has 0 radical (unpaired) electrons. The van der Waals surface area contributed by atoms with Crippen molar-refractivity contribution in [2.24, 2.45) is 11.8 Å². The Balaban J connectivity index is 0.000000232. The average molecular weight is 1870 g/mol. The number of nitrogens with one attached hydrogen (secondary N) is 8. The second kappa shape index (κ2) is 45.5. The molecular formula is C86H106Cl4F10N24O4. The van der Waals surface area contributed by atoms with Gasteiger partial charge in [-0.1, -0.05) is 124 Å². The van der Waals surface area contributed by atoms with Gasteiger partial charge in [0, 0.05) is 145 Å². The minimum atomic E-state index is -4.49. The number of amides is 4. The van der Waals surface area contributed by atoms with Crippen LogP contribution in [0.2, 0.25) is 20.1 Å². The van der Waals surface area contributed by atoms with E-state index in [1.807, 2.05) is 43.6 Å². The maximum Gasteiger partial charge on any atom is 0.405 e. The van der Waals surface area contributed by atoms with Gasteiger partial charge in [-0.25, -0.2) is 64.2 Å².